The van der Waals surface area contributed by atoms with Crippen LogP contribution in [0.1, 0.15) is 34.1 Å². The van der Waals surface area contributed by atoms with E-state index in [1.54, 1.807) is 34.4 Å². The van der Waals surface area contributed by atoms with Crippen LogP contribution >= 0.6 is 34.4 Å². The topological polar surface area (TPSA) is 87.7 Å². The van der Waals surface area contributed by atoms with Crippen LogP contribution in [0.2, 0.25) is 0 Å². The number of thiophene rings is 1. The number of carbonyl (C=O) groups excluding carboxylic acids is 1. The molecule has 0 bridgehead atoms. The summed E-state index contributed by atoms with van der Waals surface area (Å²) < 4.78 is 0. The van der Waals surface area contributed by atoms with Gasteiger partial charge in [0.25, 0.3) is 5.56 Å². The SMILES string of the molecule is Cc1nc(-c2ccc(NC(=O)CCSCc3nc4sc5c(c4c(=O)[nH]3)CCC5)cc2)cs1. The van der Waals surface area contributed by atoms with Gasteiger partial charge in [-0.15, -0.1) is 22.7 Å². The Morgan fingerprint density at radius 3 is 2.84 bits per heavy atom. The molecular formula is C23H22N4O2S3. The summed E-state index contributed by atoms with van der Waals surface area (Å²) in [5.74, 6) is 1.90. The number of aromatic amines is 1. The van der Waals surface area contributed by atoms with E-state index in [1.165, 1.54) is 10.4 Å². The molecule has 9 heteroatoms. The summed E-state index contributed by atoms with van der Waals surface area (Å²) >= 11 is 4.88. The zero-order valence-electron chi connectivity index (χ0n) is 17.6. The summed E-state index contributed by atoms with van der Waals surface area (Å²) in [5.41, 5.74) is 3.94. The molecule has 4 aromatic rings. The van der Waals surface area contributed by atoms with Gasteiger partial charge in [0, 0.05) is 33.7 Å². The predicted octanol–water partition coefficient (Wildman–Crippen LogP) is 5.17. The molecule has 2 N–H and O–H groups in total. The number of anilines is 1. The maximum atomic E-state index is 12.5. The van der Waals surface area contributed by atoms with E-state index in [1.807, 2.05) is 36.6 Å². The number of benzene rings is 1. The standard InChI is InChI=1S/C23H22N4O2S3/c1-13-24-17(11-31-13)14-5-7-15(8-6-14)25-20(28)9-10-30-12-19-26-22(29)21-16-3-2-4-18(16)32-23(21)27-19/h5-8,11H,2-4,9-10,12H2,1H3,(H,25,28)(H,26,27,29). The Hall–Kier alpha value is -2.49. The highest BCUT2D eigenvalue weighted by Gasteiger charge is 2.21. The molecule has 164 valence electrons. The maximum Gasteiger partial charge on any atom is 0.259 e. The molecule has 6 nitrogen and oxygen atoms in total. The highest BCUT2D eigenvalue weighted by molar-refractivity contribution is 7.98. The molecule has 3 heterocycles. The molecule has 0 fully saturated rings. The number of thiazole rings is 1. The maximum absolute atomic E-state index is 12.5. The van der Waals surface area contributed by atoms with Crippen molar-refractivity contribution in [3.8, 4) is 11.3 Å². The zero-order chi connectivity index (χ0) is 22.1. The van der Waals surface area contributed by atoms with Crippen molar-refractivity contribution < 1.29 is 4.79 Å². The van der Waals surface area contributed by atoms with Gasteiger partial charge in [-0.05, 0) is 43.9 Å². The van der Waals surface area contributed by atoms with Crippen molar-refractivity contribution >= 4 is 56.2 Å². The minimum absolute atomic E-state index is 0.0265. The number of carbonyl (C=O) groups is 1. The van der Waals surface area contributed by atoms with E-state index in [0.717, 1.165) is 51.4 Å². The van der Waals surface area contributed by atoms with Gasteiger partial charge < -0.3 is 10.3 Å². The van der Waals surface area contributed by atoms with Crippen molar-refractivity contribution in [2.24, 2.45) is 0 Å². The number of aromatic nitrogens is 3. The van der Waals surface area contributed by atoms with Crippen LogP contribution in [0.15, 0.2) is 34.4 Å². The van der Waals surface area contributed by atoms with Crippen LogP contribution in [-0.2, 0) is 23.4 Å². The quantitative estimate of drug-likeness (QED) is 0.355. The van der Waals surface area contributed by atoms with Gasteiger partial charge in [0.05, 0.1) is 21.8 Å². The van der Waals surface area contributed by atoms with Crippen molar-refractivity contribution in [2.75, 3.05) is 11.1 Å². The molecule has 5 rings (SSSR count). The predicted molar refractivity (Wildman–Crippen MR) is 134 cm³/mol. The Morgan fingerprint density at radius 2 is 2.06 bits per heavy atom. The third-order valence-corrected chi connectivity index (χ3v) is 8.35. The Kier molecular flexibility index (Phi) is 6.12. The lowest BCUT2D eigenvalue weighted by molar-refractivity contribution is -0.115. The van der Waals surface area contributed by atoms with Crippen LogP contribution < -0.4 is 10.9 Å². The lowest BCUT2D eigenvalue weighted by atomic mass is 10.1. The number of H-pyrrole nitrogens is 1. The first-order valence-corrected chi connectivity index (χ1v) is 13.4. The van der Waals surface area contributed by atoms with Crippen molar-refractivity contribution in [3.05, 3.63) is 61.3 Å². The Balaban J connectivity index is 1.12. The highest BCUT2D eigenvalue weighted by Crippen LogP contribution is 2.34. The smallest absolute Gasteiger partial charge is 0.259 e. The van der Waals surface area contributed by atoms with Gasteiger partial charge in [-0.2, -0.15) is 11.8 Å². The summed E-state index contributed by atoms with van der Waals surface area (Å²) in [6.45, 7) is 1.99. The summed E-state index contributed by atoms with van der Waals surface area (Å²) in [6, 6.07) is 7.74. The minimum atomic E-state index is -0.0287. The molecule has 0 spiro atoms. The molecule has 0 saturated heterocycles. The number of hydrogen-bond donors (Lipinski definition) is 2. The van der Waals surface area contributed by atoms with Crippen LogP contribution in [-0.4, -0.2) is 26.6 Å². The molecule has 1 amide bonds. The number of rotatable bonds is 7. The summed E-state index contributed by atoms with van der Waals surface area (Å²) in [4.78, 5) is 39.0. The fraction of sp³-hybridized carbons (Fsp3) is 0.304. The number of nitrogens with zero attached hydrogens (tertiary/aromatic N) is 2. The van der Waals surface area contributed by atoms with Crippen molar-refractivity contribution in [3.63, 3.8) is 0 Å². The lowest BCUT2D eigenvalue weighted by Gasteiger charge is -2.06. The second-order valence-electron chi connectivity index (χ2n) is 7.73. The lowest BCUT2D eigenvalue weighted by Crippen LogP contribution is -2.13. The van der Waals surface area contributed by atoms with E-state index in [-0.39, 0.29) is 11.5 Å². The number of fused-ring (bicyclic) bond motifs is 3. The fourth-order valence-corrected chi connectivity index (χ4v) is 6.60. The molecule has 0 unspecified atom stereocenters. The third kappa shape index (κ3) is 4.51. The van der Waals surface area contributed by atoms with Gasteiger partial charge >= 0.3 is 0 Å². The molecule has 3 aromatic heterocycles. The summed E-state index contributed by atoms with van der Waals surface area (Å²) in [7, 11) is 0. The first-order chi connectivity index (χ1) is 15.6. The number of nitrogens with one attached hydrogen (secondary N) is 2. The molecular weight excluding hydrogens is 460 g/mol. The fourth-order valence-electron chi connectivity index (χ4n) is 3.89. The van der Waals surface area contributed by atoms with Crippen LogP contribution in [0.5, 0.6) is 0 Å². The van der Waals surface area contributed by atoms with Crippen LogP contribution in [0.3, 0.4) is 0 Å². The Labute approximate surface area is 197 Å². The summed E-state index contributed by atoms with van der Waals surface area (Å²) in [5, 5.41) is 6.79. The van der Waals surface area contributed by atoms with Crippen LogP contribution in [0.25, 0.3) is 21.5 Å². The molecule has 1 aliphatic carbocycles. The number of amides is 1. The summed E-state index contributed by atoms with van der Waals surface area (Å²) in [6.07, 6.45) is 3.57. The van der Waals surface area contributed by atoms with Gasteiger partial charge in [0.1, 0.15) is 10.7 Å². The van der Waals surface area contributed by atoms with Gasteiger partial charge in [-0.3, -0.25) is 9.59 Å². The van der Waals surface area contributed by atoms with E-state index >= 15 is 0 Å². The first kappa shape index (κ1) is 21.4. The third-order valence-electron chi connectivity index (χ3n) is 5.42. The number of thioether (sulfide) groups is 1. The van der Waals surface area contributed by atoms with Crippen molar-refractivity contribution in [2.45, 2.75) is 38.4 Å². The van der Waals surface area contributed by atoms with Gasteiger partial charge in [0.2, 0.25) is 5.91 Å². The second kappa shape index (κ2) is 9.17. The van der Waals surface area contributed by atoms with Gasteiger partial charge in [-0.25, -0.2) is 9.97 Å². The molecule has 0 saturated carbocycles. The average Bonchev–Trinajstić information content (AvgIpc) is 3.48. The second-order valence-corrected chi connectivity index (χ2v) is 11.0. The largest absolute Gasteiger partial charge is 0.326 e. The van der Waals surface area contributed by atoms with E-state index < -0.39 is 0 Å². The Morgan fingerprint density at radius 1 is 1.22 bits per heavy atom. The molecule has 1 aliphatic rings. The molecule has 1 aromatic carbocycles. The van der Waals surface area contributed by atoms with Crippen LogP contribution in [0, 0.1) is 6.92 Å². The van der Waals surface area contributed by atoms with Gasteiger partial charge in [0.15, 0.2) is 0 Å². The number of aryl methyl sites for hydroxylation is 3. The monoisotopic (exact) mass is 482 g/mol. The molecule has 0 atom stereocenters. The number of hydrogen-bond acceptors (Lipinski definition) is 7. The molecule has 0 radical (unpaired) electrons. The van der Waals surface area contributed by atoms with Crippen molar-refractivity contribution in [1.82, 2.24) is 15.0 Å². The van der Waals surface area contributed by atoms with E-state index in [4.69, 9.17) is 0 Å². The molecule has 0 aliphatic heterocycles. The highest BCUT2D eigenvalue weighted by atomic mass is 32.2. The zero-order valence-corrected chi connectivity index (χ0v) is 20.0. The van der Waals surface area contributed by atoms with E-state index in [2.05, 4.69) is 20.3 Å². The Bertz CT molecular complexity index is 1340. The molecule has 32 heavy (non-hydrogen) atoms. The average molecular weight is 483 g/mol. The minimum Gasteiger partial charge on any atom is -0.326 e. The van der Waals surface area contributed by atoms with Crippen LogP contribution in [0.4, 0.5) is 5.69 Å². The van der Waals surface area contributed by atoms with E-state index in [0.29, 0.717) is 23.8 Å². The van der Waals surface area contributed by atoms with Gasteiger partial charge in [-0.1, -0.05) is 12.1 Å². The van der Waals surface area contributed by atoms with E-state index in [9.17, 15) is 9.59 Å². The normalized spacial score (nSPS) is 12.9. The first-order valence-electron chi connectivity index (χ1n) is 10.5. The van der Waals surface area contributed by atoms with Crippen molar-refractivity contribution in [1.29, 1.82) is 0 Å².